The lowest BCUT2D eigenvalue weighted by molar-refractivity contribution is -0.119. The Morgan fingerprint density at radius 2 is 1.70 bits per heavy atom. The molecule has 6 heteroatoms. The lowest BCUT2D eigenvalue weighted by Crippen LogP contribution is -2.34. The normalized spacial score (nSPS) is 12.9. The molecule has 20 heavy (non-hydrogen) atoms. The molecule has 0 aliphatic carbocycles. The summed E-state index contributed by atoms with van der Waals surface area (Å²) in [4.78, 5) is 12.0. The van der Waals surface area contributed by atoms with E-state index < -0.39 is 0 Å². The monoisotopic (exact) mass is 302 g/mol. The van der Waals surface area contributed by atoms with E-state index in [1.165, 1.54) is 0 Å². The third-order valence-corrected chi connectivity index (χ3v) is 3.19. The van der Waals surface area contributed by atoms with Crippen LogP contribution in [0, 0.1) is 12.8 Å². The Morgan fingerprint density at radius 3 is 2.15 bits per heavy atom. The predicted molar refractivity (Wildman–Crippen MR) is 83.0 cm³/mol. The predicted octanol–water partition coefficient (Wildman–Crippen LogP) is 2.36. The van der Waals surface area contributed by atoms with E-state index in [4.69, 9.17) is 15.2 Å². The van der Waals surface area contributed by atoms with Crippen molar-refractivity contribution in [3.05, 3.63) is 17.7 Å². The molecule has 0 heterocycles. The van der Waals surface area contributed by atoms with Crippen molar-refractivity contribution >= 4 is 24.0 Å². The number of hydrogen-bond acceptors (Lipinski definition) is 4. The zero-order valence-electron chi connectivity index (χ0n) is 12.5. The quantitative estimate of drug-likeness (QED) is 0.875. The number of hydrogen-bond donors (Lipinski definition) is 2. The van der Waals surface area contributed by atoms with Crippen LogP contribution in [0.1, 0.15) is 19.4 Å². The molecule has 0 aliphatic rings. The minimum Gasteiger partial charge on any atom is -0.493 e. The number of carbonyl (C=O) groups excluding carboxylic acids is 1. The standard InChI is InChI=1S/C14H22N2O3.ClH/c1-8-6-12(18-4)13(19-5)7-11(8)16-14(17)9(2)10(3)15;/h6-7,9-10H,15H2,1-5H3,(H,16,17);1H. The zero-order chi connectivity index (χ0) is 14.6. The summed E-state index contributed by atoms with van der Waals surface area (Å²) in [6.07, 6.45) is 0. The van der Waals surface area contributed by atoms with Crippen LogP contribution in [-0.4, -0.2) is 26.2 Å². The van der Waals surface area contributed by atoms with E-state index in [9.17, 15) is 4.79 Å². The summed E-state index contributed by atoms with van der Waals surface area (Å²) < 4.78 is 10.4. The minimum absolute atomic E-state index is 0. The summed E-state index contributed by atoms with van der Waals surface area (Å²) in [5.41, 5.74) is 7.33. The van der Waals surface area contributed by atoms with Gasteiger partial charge in [-0.1, -0.05) is 6.92 Å². The molecule has 1 rings (SSSR count). The highest BCUT2D eigenvalue weighted by Crippen LogP contribution is 2.33. The number of carbonyl (C=O) groups is 1. The Balaban J connectivity index is 0.00000361. The number of ether oxygens (including phenoxy) is 2. The molecular weight excluding hydrogens is 280 g/mol. The molecule has 2 unspecified atom stereocenters. The van der Waals surface area contributed by atoms with Crippen LogP contribution >= 0.6 is 12.4 Å². The highest BCUT2D eigenvalue weighted by molar-refractivity contribution is 5.93. The van der Waals surface area contributed by atoms with Gasteiger partial charge in [-0.25, -0.2) is 0 Å². The second-order valence-corrected chi connectivity index (χ2v) is 4.66. The van der Waals surface area contributed by atoms with E-state index in [1.54, 1.807) is 27.2 Å². The zero-order valence-corrected chi connectivity index (χ0v) is 13.3. The molecular formula is C14H23ClN2O3. The first-order valence-electron chi connectivity index (χ1n) is 6.19. The van der Waals surface area contributed by atoms with Crippen molar-refractivity contribution < 1.29 is 14.3 Å². The Morgan fingerprint density at radius 1 is 1.20 bits per heavy atom. The van der Waals surface area contributed by atoms with Gasteiger partial charge in [0.05, 0.1) is 20.1 Å². The van der Waals surface area contributed by atoms with E-state index in [0.717, 1.165) is 5.56 Å². The number of nitrogens with two attached hydrogens (primary N) is 1. The summed E-state index contributed by atoms with van der Waals surface area (Å²) in [5, 5.41) is 2.86. The third kappa shape index (κ3) is 4.28. The van der Waals surface area contributed by atoms with Crippen LogP contribution in [-0.2, 0) is 4.79 Å². The first-order valence-corrected chi connectivity index (χ1v) is 6.19. The Bertz CT molecular complexity index is 464. The number of aryl methyl sites for hydroxylation is 1. The molecule has 0 bridgehead atoms. The van der Waals surface area contributed by atoms with E-state index in [0.29, 0.717) is 17.2 Å². The van der Waals surface area contributed by atoms with Crippen LogP contribution in [0.15, 0.2) is 12.1 Å². The average molecular weight is 303 g/mol. The van der Waals surface area contributed by atoms with Gasteiger partial charge in [0.2, 0.25) is 5.91 Å². The SMILES string of the molecule is COc1cc(C)c(NC(=O)C(C)C(C)N)cc1OC.Cl. The van der Waals surface area contributed by atoms with Crippen LogP contribution in [0.25, 0.3) is 0 Å². The first-order chi connectivity index (χ1) is 8.90. The maximum Gasteiger partial charge on any atom is 0.228 e. The highest BCUT2D eigenvalue weighted by Gasteiger charge is 2.18. The summed E-state index contributed by atoms with van der Waals surface area (Å²) in [6, 6.07) is 3.38. The van der Waals surface area contributed by atoms with Gasteiger partial charge in [0.1, 0.15) is 0 Å². The van der Waals surface area contributed by atoms with Crippen molar-refractivity contribution in [2.24, 2.45) is 11.7 Å². The highest BCUT2D eigenvalue weighted by atomic mass is 35.5. The van der Waals surface area contributed by atoms with Gasteiger partial charge in [0, 0.05) is 17.8 Å². The summed E-state index contributed by atoms with van der Waals surface area (Å²) in [5.74, 6) is 0.855. The van der Waals surface area contributed by atoms with E-state index in [-0.39, 0.29) is 30.3 Å². The maximum absolute atomic E-state index is 12.0. The largest absolute Gasteiger partial charge is 0.493 e. The summed E-state index contributed by atoms with van der Waals surface area (Å²) in [7, 11) is 3.14. The van der Waals surface area contributed by atoms with Gasteiger partial charge in [-0.2, -0.15) is 0 Å². The van der Waals surface area contributed by atoms with Gasteiger partial charge < -0.3 is 20.5 Å². The smallest absolute Gasteiger partial charge is 0.228 e. The van der Waals surface area contributed by atoms with Crippen LogP contribution in [0.4, 0.5) is 5.69 Å². The fraction of sp³-hybridized carbons (Fsp3) is 0.500. The number of anilines is 1. The Labute approximate surface area is 126 Å². The molecule has 0 aromatic heterocycles. The molecule has 0 radical (unpaired) electrons. The lowest BCUT2D eigenvalue weighted by Gasteiger charge is -2.18. The van der Waals surface area contributed by atoms with Crippen molar-refractivity contribution in [2.75, 3.05) is 19.5 Å². The Kier molecular flexibility index (Phi) is 7.39. The molecule has 0 spiro atoms. The van der Waals surface area contributed by atoms with E-state index >= 15 is 0 Å². The average Bonchev–Trinajstić information content (AvgIpc) is 2.39. The molecule has 0 saturated carbocycles. The number of halogens is 1. The van der Waals surface area contributed by atoms with Gasteiger partial charge in [-0.3, -0.25) is 4.79 Å². The van der Waals surface area contributed by atoms with Gasteiger partial charge in [-0.05, 0) is 25.5 Å². The van der Waals surface area contributed by atoms with E-state index in [1.807, 2.05) is 19.9 Å². The fourth-order valence-electron chi connectivity index (χ4n) is 1.60. The maximum atomic E-state index is 12.0. The van der Waals surface area contributed by atoms with Crippen molar-refractivity contribution in [1.29, 1.82) is 0 Å². The molecule has 3 N–H and O–H groups in total. The first kappa shape index (κ1) is 18.5. The molecule has 0 aliphatic heterocycles. The van der Waals surface area contributed by atoms with Crippen molar-refractivity contribution in [3.63, 3.8) is 0 Å². The fourth-order valence-corrected chi connectivity index (χ4v) is 1.60. The van der Waals surface area contributed by atoms with Crippen molar-refractivity contribution in [3.8, 4) is 11.5 Å². The molecule has 1 aromatic rings. The number of nitrogens with one attached hydrogen (secondary N) is 1. The topological polar surface area (TPSA) is 73.6 Å². The van der Waals surface area contributed by atoms with Crippen LogP contribution < -0.4 is 20.5 Å². The van der Waals surface area contributed by atoms with E-state index in [2.05, 4.69) is 5.32 Å². The van der Waals surface area contributed by atoms with Crippen LogP contribution in [0.5, 0.6) is 11.5 Å². The molecule has 1 amide bonds. The number of methoxy groups -OCH3 is 2. The summed E-state index contributed by atoms with van der Waals surface area (Å²) in [6.45, 7) is 5.51. The van der Waals surface area contributed by atoms with Gasteiger partial charge in [-0.15, -0.1) is 12.4 Å². The van der Waals surface area contributed by atoms with Crippen molar-refractivity contribution in [2.45, 2.75) is 26.8 Å². The molecule has 0 saturated heterocycles. The molecule has 5 nitrogen and oxygen atoms in total. The Hall–Kier alpha value is -1.46. The number of amides is 1. The van der Waals surface area contributed by atoms with Gasteiger partial charge in [0.15, 0.2) is 11.5 Å². The van der Waals surface area contributed by atoms with Gasteiger partial charge in [0.25, 0.3) is 0 Å². The second kappa shape index (κ2) is 7.97. The lowest BCUT2D eigenvalue weighted by atomic mass is 10.0. The van der Waals surface area contributed by atoms with Crippen molar-refractivity contribution in [1.82, 2.24) is 0 Å². The molecule has 1 aromatic carbocycles. The molecule has 114 valence electrons. The van der Waals surface area contributed by atoms with Gasteiger partial charge >= 0.3 is 0 Å². The van der Waals surface area contributed by atoms with Crippen LogP contribution in [0.2, 0.25) is 0 Å². The third-order valence-electron chi connectivity index (χ3n) is 3.19. The summed E-state index contributed by atoms with van der Waals surface area (Å²) >= 11 is 0. The molecule has 2 atom stereocenters. The van der Waals surface area contributed by atoms with Crippen LogP contribution in [0.3, 0.4) is 0 Å². The number of rotatable bonds is 5. The number of benzene rings is 1. The minimum atomic E-state index is -0.257. The molecule has 0 fully saturated rings. The second-order valence-electron chi connectivity index (χ2n) is 4.66.